The van der Waals surface area contributed by atoms with E-state index in [2.05, 4.69) is 15.2 Å². The quantitative estimate of drug-likeness (QED) is 0.861. The number of pyridine rings is 1. The summed E-state index contributed by atoms with van der Waals surface area (Å²) in [7, 11) is 0. The molecular weight excluding hydrogens is 220 g/mol. The molecule has 0 unspecified atom stereocenters. The first-order chi connectivity index (χ1) is 8.25. The molecule has 2 heterocycles. The summed E-state index contributed by atoms with van der Waals surface area (Å²) < 4.78 is 1.95. The van der Waals surface area contributed by atoms with E-state index in [1.807, 2.05) is 4.57 Å². The average molecular weight is 230 g/mol. The van der Waals surface area contributed by atoms with Gasteiger partial charge in [-0.2, -0.15) is 0 Å². The van der Waals surface area contributed by atoms with Gasteiger partial charge in [0.1, 0.15) is 17.7 Å². The first-order valence-corrected chi connectivity index (χ1v) is 5.36. The van der Waals surface area contributed by atoms with Crippen LogP contribution in [0.2, 0.25) is 0 Å². The van der Waals surface area contributed by atoms with E-state index < -0.39 is 5.97 Å². The molecule has 0 saturated heterocycles. The van der Waals surface area contributed by atoms with Crippen molar-refractivity contribution in [3.05, 3.63) is 30.2 Å². The first-order valence-electron chi connectivity index (χ1n) is 5.36. The van der Waals surface area contributed by atoms with Crippen molar-refractivity contribution < 1.29 is 9.90 Å². The molecule has 1 N–H and O–H groups in total. The average Bonchev–Trinajstić information content (AvgIpc) is 3.07. The Bertz CT molecular complexity index is 574. The molecule has 17 heavy (non-hydrogen) atoms. The fourth-order valence-corrected chi connectivity index (χ4v) is 1.72. The minimum absolute atomic E-state index is 0.0212. The molecule has 6 heteroatoms. The zero-order chi connectivity index (χ0) is 11.8. The predicted molar refractivity (Wildman–Crippen MR) is 58.5 cm³/mol. The number of carboxylic acid groups (broad SMARTS) is 1. The summed E-state index contributed by atoms with van der Waals surface area (Å²) in [6.45, 7) is 0. The van der Waals surface area contributed by atoms with Crippen LogP contribution in [0.25, 0.3) is 11.5 Å². The highest BCUT2D eigenvalue weighted by molar-refractivity contribution is 5.85. The highest BCUT2D eigenvalue weighted by Crippen LogP contribution is 2.37. The lowest BCUT2D eigenvalue weighted by Crippen LogP contribution is -2.03. The van der Waals surface area contributed by atoms with E-state index in [1.54, 1.807) is 18.5 Å². The van der Waals surface area contributed by atoms with E-state index >= 15 is 0 Å². The Kier molecular flexibility index (Phi) is 2.14. The van der Waals surface area contributed by atoms with Gasteiger partial charge in [0.05, 0.1) is 0 Å². The number of hydrogen-bond acceptors (Lipinski definition) is 4. The van der Waals surface area contributed by atoms with E-state index in [0.717, 1.165) is 12.8 Å². The molecule has 2 aromatic rings. The molecule has 2 aromatic heterocycles. The van der Waals surface area contributed by atoms with Crippen LogP contribution in [0.1, 0.15) is 29.4 Å². The Morgan fingerprint density at radius 1 is 1.41 bits per heavy atom. The standard InChI is InChI=1S/C11H10N4O2/c16-11(17)9-3-1-2-8(13-9)10-14-12-6-15(10)7-4-5-7/h1-3,6-7H,4-5H2,(H,16,17). The van der Waals surface area contributed by atoms with Gasteiger partial charge in [0.15, 0.2) is 5.82 Å². The van der Waals surface area contributed by atoms with Crippen molar-refractivity contribution in [3.63, 3.8) is 0 Å². The van der Waals surface area contributed by atoms with Crippen molar-refractivity contribution in [2.24, 2.45) is 0 Å². The number of aromatic carboxylic acids is 1. The van der Waals surface area contributed by atoms with Crippen LogP contribution < -0.4 is 0 Å². The Hall–Kier alpha value is -2.24. The van der Waals surface area contributed by atoms with E-state index in [-0.39, 0.29) is 5.69 Å². The Balaban J connectivity index is 2.05. The van der Waals surface area contributed by atoms with Crippen LogP contribution in [0.5, 0.6) is 0 Å². The third-order valence-corrected chi connectivity index (χ3v) is 2.71. The minimum Gasteiger partial charge on any atom is -0.477 e. The molecule has 0 spiro atoms. The molecule has 1 fully saturated rings. The van der Waals surface area contributed by atoms with Crippen molar-refractivity contribution in [2.75, 3.05) is 0 Å². The Labute approximate surface area is 96.9 Å². The maximum atomic E-state index is 10.8. The third kappa shape index (κ3) is 1.77. The molecule has 0 atom stereocenters. The smallest absolute Gasteiger partial charge is 0.354 e. The van der Waals surface area contributed by atoms with Crippen LogP contribution >= 0.6 is 0 Å². The zero-order valence-electron chi connectivity index (χ0n) is 8.95. The summed E-state index contributed by atoms with van der Waals surface area (Å²) >= 11 is 0. The van der Waals surface area contributed by atoms with Crippen LogP contribution in [-0.4, -0.2) is 30.8 Å². The maximum Gasteiger partial charge on any atom is 0.354 e. The number of aromatic nitrogens is 4. The molecule has 3 rings (SSSR count). The predicted octanol–water partition coefficient (Wildman–Crippen LogP) is 1.37. The molecule has 1 saturated carbocycles. The van der Waals surface area contributed by atoms with Gasteiger partial charge in [0.25, 0.3) is 0 Å². The summed E-state index contributed by atoms with van der Waals surface area (Å²) in [5.74, 6) is -0.403. The lowest BCUT2D eigenvalue weighted by molar-refractivity contribution is 0.0690. The SMILES string of the molecule is O=C(O)c1cccc(-c2nncn2C2CC2)n1. The summed E-state index contributed by atoms with van der Waals surface area (Å²) in [4.78, 5) is 14.9. The monoisotopic (exact) mass is 230 g/mol. The molecule has 86 valence electrons. The van der Waals surface area contributed by atoms with Crippen molar-refractivity contribution in [2.45, 2.75) is 18.9 Å². The zero-order valence-corrected chi connectivity index (χ0v) is 8.95. The second-order valence-corrected chi connectivity index (χ2v) is 4.01. The van der Waals surface area contributed by atoms with Gasteiger partial charge in [-0.15, -0.1) is 10.2 Å². The maximum absolute atomic E-state index is 10.8. The van der Waals surface area contributed by atoms with Crippen LogP contribution in [0.3, 0.4) is 0 Å². The van der Waals surface area contributed by atoms with E-state index in [9.17, 15) is 4.79 Å². The number of hydrogen-bond donors (Lipinski definition) is 1. The topological polar surface area (TPSA) is 80.9 Å². The number of rotatable bonds is 3. The van der Waals surface area contributed by atoms with Gasteiger partial charge in [-0.3, -0.25) is 0 Å². The Morgan fingerprint density at radius 3 is 2.94 bits per heavy atom. The van der Waals surface area contributed by atoms with Gasteiger partial charge < -0.3 is 9.67 Å². The molecule has 0 aliphatic heterocycles. The fraction of sp³-hybridized carbons (Fsp3) is 0.273. The van der Waals surface area contributed by atoms with Crippen molar-refractivity contribution in [1.82, 2.24) is 19.7 Å². The lowest BCUT2D eigenvalue weighted by Gasteiger charge is -2.04. The van der Waals surface area contributed by atoms with E-state index in [1.165, 1.54) is 6.07 Å². The molecular formula is C11H10N4O2. The van der Waals surface area contributed by atoms with E-state index in [0.29, 0.717) is 17.6 Å². The lowest BCUT2D eigenvalue weighted by atomic mass is 10.3. The summed E-state index contributed by atoms with van der Waals surface area (Å²) in [6.07, 6.45) is 3.90. The largest absolute Gasteiger partial charge is 0.477 e. The summed E-state index contributed by atoms with van der Waals surface area (Å²) in [5.41, 5.74) is 0.571. The normalized spacial score (nSPS) is 14.8. The van der Waals surface area contributed by atoms with Crippen LogP contribution in [0.15, 0.2) is 24.5 Å². The van der Waals surface area contributed by atoms with Gasteiger partial charge in [-0.1, -0.05) is 6.07 Å². The molecule has 0 amide bonds. The van der Waals surface area contributed by atoms with Gasteiger partial charge >= 0.3 is 5.97 Å². The second-order valence-electron chi connectivity index (χ2n) is 4.01. The number of carbonyl (C=O) groups is 1. The molecule has 0 aromatic carbocycles. The fourth-order valence-electron chi connectivity index (χ4n) is 1.72. The molecule has 1 aliphatic rings. The van der Waals surface area contributed by atoms with Crippen LogP contribution in [0.4, 0.5) is 0 Å². The first kappa shape index (κ1) is 9.95. The highest BCUT2D eigenvalue weighted by Gasteiger charge is 2.27. The molecule has 1 aliphatic carbocycles. The van der Waals surface area contributed by atoms with Crippen molar-refractivity contribution in [1.29, 1.82) is 0 Å². The van der Waals surface area contributed by atoms with Crippen LogP contribution in [-0.2, 0) is 0 Å². The van der Waals surface area contributed by atoms with Crippen molar-refractivity contribution in [3.8, 4) is 11.5 Å². The van der Waals surface area contributed by atoms with Gasteiger partial charge in [0.2, 0.25) is 0 Å². The molecule has 6 nitrogen and oxygen atoms in total. The highest BCUT2D eigenvalue weighted by atomic mass is 16.4. The molecule has 0 radical (unpaired) electrons. The van der Waals surface area contributed by atoms with Gasteiger partial charge in [-0.25, -0.2) is 9.78 Å². The number of nitrogens with zero attached hydrogens (tertiary/aromatic N) is 4. The van der Waals surface area contributed by atoms with E-state index in [4.69, 9.17) is 5.11 Å². The van der Waals surface area contributed by atoms with Gasteiger partial charge in [0, 0.05) is 6.04 Å². The van der Waals surface area contributed by atoms with Crippen LogP contribution in [0, 0.1) is 0 Å². The summed E-state index contributed by atoms with van der Waals surface area (Å²) in [6, 6.07) is 5.31. The van der Waals surface area contributed by atoms with Crippen molar-refractivity contribution >= 4 is 5.97 Å². The molecule has 0 bridgehead atoms. The second kappa shape index (κ2) is 3.65. The van der Waals surface area contributed by atoms with Gasteiger partial charge in [-0.05, 0) is 25.0 Å². The third-order valence-electron chi connectivity index (χ3n) is 2.71. The Morgan fingerprint density at radius 2 is 2.24 bits per heavy atom. The summed E-state index contributed by atoms with van der Waals surface area (Å²) in [5, 5.41) is 16.8. The minimum atomic E-state index is -1.04. The number of carboxylic acids is 1.